The lowest BCUT2D eigenvalue weighted by atomic mass is 10.2. The van der Waals surface area contributed by atoms with E-state index in [1.54, 1.807) is 0 Å². The van der Waals surface area contributed by atoms with E-state index in [1.807, 2.05) is 0 Å². The van der Waals surface area contributed by atoms with Crippen molar-refractivity contribution in [3.8, 4) is 0 Å². The fraction of sp³-hybridized carbons (Fsp3) is 0. The van der Waals surface area contributed by atoms with Crippen molar-refractivity contribution in [2.24, 2.45) is 0 Å². The molecule has 5 nitrogen and oxygen atoms in total. The number of hydrogen-bond donors (Lipinski definition) is 2. The van der Waals surface area contributed by atoms with Gasteiger partial charge in [0.25, 0.3) is 5.69 Å². The Labute approximate surface area is 62.8 Å². The van der Waals surface area contributed by atoms with Gasteiger partial charge in [-0.05, 0) is 6.07 Å². The van der Waals surface area contributed by atoms with E-state index in [0.29, 0.717) is 0 Å². The topological polar surface area (TPSA) is 95.2 Å². The average Bonchev–Trinajstić information content (AvgIpc) is 1.94. The number of nitrogens with two attached hydrogens (primary N) is 2. The molecule has 0 unspecified atom stereocenters. The Bertz CT molecular complexity index is 298. The van der Waals surface area contributed by atoms with Crippen LogP contribution in [0.1, 0.15) is 0 Å². The normalized spacial score (nSPS) is 9.45. The van der Waals surface area contributed by atoms with Gasteiger partial charge in [0.1, 0.15) is 5.69 Å². The smallest absolute Gasteiger partial charge is 0.294 e. The first-order valence-corrected chi connectivity index (χ1v) is 2.83. The third kappa shape index (κ3) is 1.21. The zero-order valence-electron chi connectivity index (χ0n) is 5.57. The monoisotopic (exact) mass is 152 g/mol. The van der Waals surface area contributed by atoms with Gasteiger partial charge in [0, 0.05) is 12.1 Å². The second-order valence-electron chi connectivity index (χ2n) is 1.95. The molecule has 0 atom stereocenters. The third-order valence-corrected chi connectivity index (χ3v) is 1.24. The Morgan fingerprint density at radius 1 is 1.55 bits per heavy atom. The van der Waals surface area contributed by atoms with Crippen LogP contribution in [0.5, 0.6) is 0 Å². The number of benzene rings is 1. The minimum Gasteiger partial charge on any atom is -0.396 e. The number of nitro benzene ring substituents is 1. The van der Waals surface area contributed by atoms with Gasteiger partial charge in [0.15, 0.2) is 0 Å². The molecule has 0 spiro atoms. The molecule has 0 aliphatic heterocycles. The van der Waals surface area contributed by atoms with Gasteiger partial charge in [-0.2, -0.15) is 0 Å². The Morgan fingerprint density at radius 3 is 2.64 bits per heavy atom. The van der Waals surface area contributed by atoms with Gasteiger partial charge < -0.3 is 11.5 Å². The molecule has 0 saturated carbocycles. The molecule has 0 fully saturated rings. The maximum atomic E-state index is 10.2. The Balaban J connectivity index is 3.27. The van der Waals surface area contributed by atoms with Crippen molar-refractivity contribution in [3.05, 3.63) is 28.3 Å². The SMILES string of the molecule is Nc1[c]ccc([N+](=O)[O-])c1N. The van der Waals surface area contributed by atoms with Crippen molar-refractivity contribution >= 4 is 17.1 Å². The van der Waals surface area contributed by atoms with E-state index in [4.69, 9.17) is 11.5 Å². The van der Waals surface area contributed by atoms with Crippen LogP contribution in [0.3, 0.4) is 0 Å². The Morgan fingerprint density at radius 2 is 2.18 bits per heavy atom. The lowest BCUT2D eigenvalue weighted by Crippen LogP contribution is -1.99. The van der Waals surface area contributed by atoms with Gasteiger partial charge in [0.2, 0.25) is 0 Å². The van der Waals surface area contributed by atoms with Crippen molar-refractivity contribution < 1.29 is 4.92 Å². The third-order valence-electron chi connectivity index (χ3n) is 1.24. The predicted octanol–water partition coefficient (Wildman–Crippen LogP) is 0.559. The summed E-state index contributed by atoms with van der Waals surface area (Å²) in [4.78, 5) is 9.65. The molecule has 0 aromatic heterocycles. The second-order valence-corrected chi connectivity index (χ2v) is 1.95. The quantitative estimate of drug-likeness (QED) is 0.349. The highest BCUT2D eigenvalue weighted by Crippen LogP contribution is 2.25. The zero-order valence-corrected chi connectivity index (χ0v) is 5.57. The number of nitrogen functional groups attached to an aromatic ring is 2. The number of hydrogen-bond acceptors (Lipinski definition) is 4. The standard InChI is InChI=1S/C6H6N3O2/c7-4-2-1-3-5(6(4)8)9(10)11/h1,3H,7-8H2. The molecule has 0 amide bonds. The molecule has 5 heteroatoms. The van der Waals surface area contributed by atoms with Crippen LogP contribution in [0.4, 0.5) is 17.1 Å². The van der Waals surface area contributed by atoms with Gasteiger partial charge in [-0.25, -0.2) is 0 Å². The summed E-state index contributed by atoms with van der Waals surface area (Å²) in [6.45, 7) is 0. The fourth-order valence-corrected chi connectivity index (χ4v) is 0.675. The van der Waals surface area contributed by atoms with Gasteiger partial charge in [-0.1, -0.05) is 0 Å². The maximum absolute atomic E-state index is 10.2. The van der Waals surface area contributed by atoms with E-state index in [9.17, 15) is 10.1 Å². The van der Waals surface area contributed by atoms with E-state index in [2.05, 4.69) is 6.07 Å². The van der Waals surface area contributed by atoms with Crippen LogP contribution in [0.15, 0.2) is 12.1 Å². The van der Waals surface area contributed by atoms with Crippen LogP contribution in [0, 0.1) is 16.2 Å². The highest BCUT2D eigenvalue weighted by atomic mass is 16.6. The average molecular weight is 152 g/mol. The van der Waals surface area contributed by atoms with E-state index in [-0.39, 0.29) is 17.1 Å². The molecule has 4 N–H and O–H groups in total. The van der Waals surface area contributed by atoms with Crippen LogP contribution < -0.4 is 11.5 Å². The molecule has 1 aromatic carbocycles. The van der Waals surface area contributed by atoms with E-state index in [1.165, 1.54) is 12.1 Å². The molecule has 57 valence electrons. The molecule has 1 rings (SSSR count). The highest BCUT2D eigenvalue weighted by molar-refractivity contribution is 5.73. The van der Waals surface area contributed by atoms with Crippen molar-refractivity contribution in [1.29, 1.82) is 0 Å². The Kier molecular flexibility index (Phi) is 1.63. The van der Waals surface area contributed by atoms with Gasteiger partial charge in [-0.15, -0.1) is 0 Å². The molecule has 0 bridgehead atoms. The van der Waals surface area contributed by atoms with Crippen LogP contribution in [-0.4, -0.2) is 4.92 Å². The van der Waals surface area contributed by atoms with E-state index in [0.717, 1.165) is 0 Å². The number of nitro groups is 1. The first kappa shape index (κ1) is 7.33. The molecule has 0 aliphatic rings. The summed E-state index contributed by atoms with van der Waals surface area (Å²) in [5, 5.41) is 10.2. The second kappa shape index (κ2) is 2.45. The molecule has 11 heavy (non-hydrogen) atoms. The van der Waals surface area contributed by atoms with Crippen molar-refractivity contribution in [1.82, 2.24) is 0 Å². The lowest BCUT2D eigenvalue weighted by molar-refractivity contribution is -0.383. The molecular weight excluding hydrogens is 146 g/mol. The van der Waals surface area contributed by atoms with Crippen LogP contribution in [0.2, 0.25) is 0 Å². The van der Waals surface area contributed by atoms with Gasteiger partial charge >= 0.3 is 0 Å². The van der Waals surface area contributed by atoms with Crippen LogP contribution in [0.25, 0.3) is 0 Å². The summed E-state index contributed by atoms with van der Waals surface area (Å²) < 4.78 is 0. The van der Waals surface area contributed by atoms with Crippen LogP contribution in [-0.2, 0) is 0 Å². The van der Waals surface area contributed by atoms with Crippen molar-refractivity contribution in [3.63, 3.8) is 0 Å². The number of anilines is 2. The summed E-state index contributed by atoms with van der Waals surface area (Å²) in [7, 11) is 0. The number of nitrogens with zero attached hydrogens (tertiary/aromatic N) is 1. The van der Waals surface area contributed by atoms with E-state index >= 15 is 0 Å². The predicted molar refractivity (Wildman–Crippen MR) is 40.8 cm³/mol. The highest BCUT2D eigenvalue weighted by Gasteiger charge is 2.11. The largest absolute Gasteiger partial charge is 0.396 e. The van der Waals surface area contributed by atoms with E-state index < -0.39 is 4.92 Å². The summed E-state index contributed by atoms with van der Waals surface area (Å²) in [5.74, 6) is 0. The lowest BCUT2D eigenvalue weighted by Gasteiger charge is -1.98. The summed E-state index contributed by atoms with van der Waals surface area (Å²) in [6.07, 6.45) is 0. The molecular formula is C6H6N3O2. The summed E-state index contributed by atoms with van der Waals surface area (Å²) >= 11 is 0. The van der Waals surface area contributed by atoms with Crippen molar-refractivity contribution in [2.45, 2.75) is 0 Å². The minimum absolute atomic E-state index is 0.0301. The first-order valence-electron chi connectivity index (χ1n) is 2.83. The maximum Gasteiger partial charge on any atom is 0.294 e. The molecule has 1 aromatic rings. The molecule has 0 heterocycles. The molecule has 0 aliphatic carbocycles. The van der Waals surface area contributed by atoms with Crippen molar-refractivity contribution in [2.75, 3.05) is 11.5 Å². The molecule has 1 radical (unpaired) electrons. The first-order chi connectivity index (χ1) is 5.13. The summed E-state index contributed by atoms with van der Waals surface area (Å²) in [5.41, 5.74) is 10.5. The molecule has 0 saturated heterocycles. The Hall–Kier alpha value is -1.78. The van der Waals surface area contributed by atoms with Crippen LogP contribution >= 0.6 is 0 Å². The van der Waals surface area contributed by atoms with Gasteiger partial charge in [-0.3, -0.25) is 10.1 Å². The minimum atomic E-state index is -0.584. The van der Waals surface area contributed by atoms with Gasteiger partial charge in [0.05, 0.1) is 10.6 Å². The fourth-order valence-electron chi connectivity index (χ4n) is 0.675. The zero-order chi connectivity index (χ0) is 8.43. The number of rotatable bonds is 1. The summed E-state index contributed by atoms with van der Waals surface area (Å²) in [6, 6.07) is 5.16.